The number of nitrogens with one attached hydrogen (secondary N) is 1. The van der Waals surface area contributed by atoms with Gasteiger partial charge in [0.25, 0.3) is 5.91 Å². The Balaban J connectivity index is 1.67. The Labute approximate surface area is 220 Å². The minimum absolute atomic E-state index is 0.261. The van der Waals surface area contributed by atoms with Crippen LogP contribution in [0.4, 0.5) is 10.1 Å². The largest absolute Gasteiger partial charge is 0.354 e. The summed E-state index contributed by atoms with van der Waals surface area (Å²) in [4.78, 5) is 34.1. The number of anilines is 1. The van der Waals surface area contributed by atoms with E-state index in [2.05, 4.69) is 39.6 Å². The normalized spacial score (nSPS) is 11.8. The third-order valence-electron chi connectivity index (χ3n) is 5.96. The number of tetrazole rings is 1. The van der Waals surface area contributed by atoms with Crippen LogP contribution in [0.15, 0.2) is 73.1 Å². The maximum absolute atomic E-state index is 13.8. The molecule has 2 amide bonds. The van der Waals surface area contributed by atoms with Crippen molar-refractivity contribution in [1.29, 1.82) is 0 Å². The lowest BCUT2D eigenvalue weighted by Crippen LogP contribution is -2.45. The molecule has 0 bridgehead atoms. The van der Waals surface area contributed by atoms with E-state index in [0.717, 1.165) is 12.0 Å². The molecule has 0 saturated carbocycles. The predicted octanol–water partition coefficient (Wildman–Crippen LogP) is 4.12. The summed E-state index contributed by atoms with van der Waals surface area (Å²) in [5.74, 6) is -0.407. The highest BCUT2D eigenvalue weighted by atomic mass is 19.1. The van der Waals surface area contributed by atoms with Crippen LogP contribution >= 0.6 is 0 Å². The van der Waals surface area contributed by atoms with Gasteiger partial charge in [-0.15, -0.1) is 10.2 Å². The lowest BCUT2D eigenvalue weighted by molar-refractivity contribution is -0.127. The molecule has 0 aliphatic rings. The van der Waals surface area contributed by atoms with Gasteiger partial charge in [0.2, 0.25) is 11.7 Å². The van der Waals surface area contributed by atoms with Crippen LogP contribution in [0.1, 0.15) is 37.4 Å². The van der Waals surface area contributed by atoms with Crippen LogP contribution in [0.25, 0.3) is 11.4 Å². The number of amides is 2. The molecule has 0 fully saturated rings. The Hall–Kier alpha value is -4.47. The number of carbonyl (C=O) groups is 2. The fraction of sp³-hybridized carbons (Fsp3) is 0.286. The van der Waals surface area contributed by atoms with Crippen LogP contribution in [0.3, 0.4) is 0 Å². The molecule has 4 aromatic rings. The first-order valence-electron chi connectivity index (χ1n) is 12.4. The van der Waals surface area contributed by atoms with Crippen molar-refractivity contribution in [2.45, 2.75) is 39.8 Å². The second kappa shape index (κ2) is 12.2. The Kier molecular flexibility index (Phi) is 8.52. The number of hydrogen-bond acceptors (Lipinski definition) is 6. The van der Waals surface area contributed by atoms with Crippen LogP contribution < -0.4 is 10.2 Å². The summed E-state index contributed by atoms with van der Waals surface area (Å²) < 4.78 is 13.3. The zero-order chi connectivity index (χ0) is 27.1. The number of nitrogens with zero attached hydrogens (tertiary/aromatic N) is 6. The smallest absolute Gasteiger partial charge is 0.251 e. The molecular formula is C28H30FN7O2. The van der Waals surface area contributed by atoms with Crippen molar-refractivity contribution in [3.05, 3.63) is 90.0 Å². The summed E-state index contributed by atoms with van der Waals surface area (Å²) in [7, 11) is 0. The van der Waals surface area contributed by atoms with Gasteiger partial charge in [-0.25, -0.2) is 4.39 Å². The zero-order valence-electron chi connectivity index (χ0n) is 21.6. The molecule has 0 saturated heterocycles. The zero-order valence-corrected chi connectivity index (χ0v) is 21.6. The molecule has 1 unspecified atom stereocenters. The molecule has 0 aliphatic carbocycles. The summed E-state index contributed by atoms with van der Waals surface area (Å²) in [5.41, 5.74) is 2.76. The first-order valence-corrected chi connectivity index (χ1v) is 12.4. The first kappa shape index (κ1) is 26.6. The second-order valence-electron chi connectivity index (χ2n) is 9.41. The van der Waals surface area contributed by atoms with Crippen LogP contribution in [-0.4, -0.2) is 43.6 Å². The molecule has 10 heteroatoms. The molecule has 196 valence electrons. The maximum Gasteiger partial charge on any atom is 0.251 e. The Morgan fingerprint density at radius 2 is 1.68 bits per heavy atom. The van der Waals surface area contributed by atoms with Crippen LogP contribution in [0.5, 0.6) is 0 Å². The van der Waals surface area contributed by atoms with Crippen molar-refractivity contribution in [1.82, 2.24) is 30.5 Å². The molecule has 2 aromatic carbocycles. The molecule has 4 rings (SSSR count). The third-order valence-corrected chi connectivity index (χ3v) is 5.96. The van der Waals surface area contributed by atoms with Gasteiger partial charge in [0.1, 0.15) is 18.4 Å². The molecule has 9 nitrogen and oxygen atoms in total. The summed E-state index contributed by atoms with van der Waals surface area (Å²) >= 11 is 0. The molecular weight excluding hydrogens is 485 g/mol. The van der Waals surface area contributed by atoms with E-state index in [1.807, 2.05) is 31.2 Å². The fourth-order valence-electron chi connectivity index (χ4n) is 3.91. The highest BCUT2D eigenvalue weighted by Gasteiger charge is 2.33. The van der Waals surface area contributed by atoms with E-state index in [0.29, 0.717) is 29.3 Å². The molecule has 1 atom stereocenters. The van der Waals surface area contributed by atoms with Gasteiger partial charge >= 0.3 is 0 Å². The molecule has 2 heterocycles. The molecule has 0 aliphatic heterocycles. The van der Waals surface area contributed by atoms with Crippen molar-refractivity contribution in [2.75, 3.05) is 11.4 Å². The summed E-state index contributed by atoms with van der Waals surface area (Å²) in [6, 6.07) is 15.6. The SMILES string of the molecule is Cc1ccc(N(C(=O)Cn2nnc(-c3ccc(F)cc3)n2)C(C(=O)NCCC(C)C)c2ccncc2)cc1. The van der Waals surface area contributed by atoms with E-state index in [-0.39, 0.29) is 24.1 Å². The van der Waals surface area contributed by atoms with Crippen LogP contribution in [0.2, 0.25) is 0 Å². The van der Waals surface area contributed by atoms with Gasteiger partial charge in [-0.05, 0) is 78.6 Å². The van der Waals surface area contributed by atoms with E-state index in [4.69, 9.17) is 0 Å². The maximum atomic E-state index is 13.8. The average molecular weight is 516 g/mol. The lowest BCUT2D eigenvalue weighted by atomic mass is 10.0. The topological polar surface area (TPSA) is 106 Å². The highest BCUT2D eigenvalue weighted by molar-refractivity contribution is 6.01. The third kappa shape index (κ3) is 6.64. The first-order chi connectivity index (χ1) is 18.3. The minimum atomic E-state index is -0.944. The number of carbonyl (C=O) groups excluding carboxylic acids is 2. The van der Waals surface area contributed by atoms with Gasteiger partial charge in [0, 0.05) is 30.2 Å². The molecule has 1 N–H and O–H groups in total. The van der Waals surface area contributed by atoms with Crippen molar-refractivity contribution >= 4 is 17.5 Å². The number of hydrogen-bond donors (Lipinski definition) is 1. The Bertz CT molecular complexity index is 1360. The van der Waals surface area contributed by atoms with Gasteiger partial charge in [0.05, 0.1) is 0 Å². The number of benzene rings is 2. The number of aromatic nitrogens is 5. The van der Waals surface area contributed by atoms with Crippen LogP contribution in [-0.2, 0) is 16.1 Å². The number of aryl methyl sites for hydroxylation is 1. The second-order valence-corrected chi connectivity index (χ2v) is 9.41. The lowest BCUT2D eigenvalue weighted by Gasteiger charge is -2.31. The van der Waals surface area contributed by atoms with Crippen molar-refractivity contribution < 1.29 is 14.0 Å². The number of halogens is 1. The van der Waals surface area contributed by atoms with E-state index < -0.39 is 11.9 Å². The average Bonchev–Trinajstić information content (AvgIpc) is 3.36. The molecule has 2 aromatic heterocycles. The van der Waals surface area contributed by atoms with Gasteiger partial charge in [0.15, 0.2) is 0 Å². The fourth-order valence-corrected chi connectivity index (χ4v) is 3.91. The quantitative estimate of drug-likeness (QED) is 0.341. The van der Waals surface area contributed by atoms with Gasteiger partial charge in [-0.2, -0.15) is 4.80 Å². The van der Waals surface area contributed by atoms with E-state index in [1.165, 1.54) is 34.0 Å². The van der Waals surface area contributed by atoms with E-state index in [1.54, 1.807) is 24.5 Å². The monoisotopic (exact) mass is 515 g/mol. The van der Waals surface area contributed by atoms with Gasteiger partial charge in [-0.3, -0.25) is 19.5 Å². The predicted molar refractivity (Wildman–Crippen MR) is 141 cm³/mol. The van der Waals surface area contributed by atoms with Crippen molar-refractivity contribution in [3.63, 3.8) is 0 Å². The van der Waals surface area contributed by atoms with Crippen LogP contribution in [0, 0.1) is 18.7 Å². The standard InChI is InChI=1S/C28H30FN7O2/c1-19(2)12-17-31-28(38)26(21-13-15-30-16-14-21)36(24-10-4-20(3)5-11-24)25(37)18-35-33-27(32-34-35)22-6-8-23(29)9-7-22/h4-11,13-16,19,26H,12,17-18H2,1-3H3,(H,31,38). The molecule has 0 spiro atoms. The van der Waals surface area contributed by atoms with Crippen molar-refractivity contribution in [3.8, 4) is 11.4 Å². The minimum Gasteiger partial charge on any atom is -0.354 e. The molecule has 38 heavy (non-hydrogen) atoms. The van der Waals surface area contributed by atoms with E-state index >= 15 is 0 Å². The highest BCUT2D eigenvalue weighted by Crippen LogP contribution is 2.28. The Morgan fingerprint density at radius 1 is 1.00 bits per heavy atom. The van der Waals surface area contributed by atoms with Gasteiger partial charge < -0.3 is 5.32 Å². The van der Waals surface area contributed by atoms with Crippen molar-refractivity contribution in [2.24, 2.45) is 5.92 Å². The van der Waals surface area contributed by atoms with E-state index in [9.17, 15) is 14.0 Å². The van der Waals surface area contributed by atoms with Gasteiger partial charge in [-0.1, -0.05) is 31.5 Å². The Morgan fingerprint density at radius 3 is 2.34 bits per heavy atom. The summed E-state index contributed by atoms with van der Waals surface area (Å²) in [6.07, 6.45) is 3.99. The summed E-state index contributed by atoms with van der Waals surface area (Å²) in [5, 5.41) is 15.3. The number of pyridine rings is 1. The summed E-state index contributed by atoms with van der Waals surface area (Å²) in [6.45, 7) is 6.34. The number of rotatable bonds is 10. The molecule has 0 radical (unpaired) electrons.